The lowest BCUT2D eigenvalue weighted by Gasteiger charge is -2.37. The predicted octanol–water partition coefficient (Wildman–Crippen LogP) is 0.897. The first-order valence-electron chi connectivity index (χ1n) is 7.26. The number of primary amides is 1. The molecule has 0 radical (unpaired) electrons. The lowest BCUT2D eigenvalue weighted by atomic mass is 10.1. The second-order valence-electron chi connectivity index (χ2n) is 5.75. The molecular weight excluding hydrogens is 367 g/mol. The summed E-state index contributed by atoms with van der Waals surface area (Å²) in [6.45, 7) is 2.46. The summed E-state index contributed by atoms with van der Waals surface area (Å²) in [6, 6.07) is 2.90. The smallest absolute Gasteiger partial charge is 0.253 e. The summed E-state index contributed by atoms with van der Waals surface area (Å²) in [5.41, 5.74) is 5.66. The largest absolute Gasteiger partial charge is 0.367 e. The zero-order valence-corrected chi connectivity index (χ0v) is 14.8. The van der Waals surface area contributed by atoms with Gasteiger partial charge in [-0.2, -0.15) is 0 Å². The van der Waals surface area contributed by atoms with Gasteiger partial charge in [0.25, 0.3) is 5.91 Å². The van der Waals surface area contributed by atoms with Crippen molar-refractivity contribution in [2.75, 3.05) is 51.7 Å². The number of carbonyl (C=O) groups excluding carboxylic acids is 2. The third-order valence-corrected chi connectivity index (χ3v) is 4.16. The maximum atomic E-state index is 14.0. The van der Waals surface area contributed by atoms with Crippen molar-refractivity contribution in [3.63, 3.8) is 0 Å². The van der Waals surface area contributed by atoms with Crippen LogP contribution in [0.1, 0.15) is 10.4 Å². The number of halogens is 2. The van der Waals surface area contributed by atoms with Crippen molar-refractivity contribution in [2.24, 2.45) is 5.73 Å². The Hall–Kier alpha value is -1.67. The van der Waals surface area contributed by atoms with E-state index in [0.717, 1.165) is 0 Å². The fourth-order valence-electron chi connectivity index (χ4n) is 2.62. The van der Waals surface area contributed by atoms with Gasteiger partial charge < -0.3 is 20.4 Å². The van der Waals surface area contributed by atoms with Crippen molar-refractivity contribution < 1.29 is 14.0 Å². The Labute approximate surface area is 143 Å². The Kier molecular flexibility index (Phi) is 5.59. The molecule has 6 nitrogen and oxygen atoms in total. The van der Waals surface area contributed by atoms with Crippen LogP contribution in [0.3, 0.4) is 0 Å². The molecule has 126 valence electrons. The fourth-order valence-corrected chi connectivity index (χ4v) is 3.04. The van der Waals surface area contributed by atoms with Crippen molar-refractivity contribution in [3.05, 3.63) is 28.0 Å². The maximum absolute atomic E-state index is 14.0. The second-order valence-corrected chi connectivity index (χ2v) is 6.67. The Morgan fingerprint density at radius 3 is 2.39 bits per heavy atom. The zero-order chi connectivity index (χ0) is 17.1. The Balaban J connectivity index is 2.14. The van der Waals surface area contributed by atoms with Gasteiger partial charge in [0.1, 0.15) is 5.82 Å². The molecule has 1 aliphatic rings. The van der Waals surface area contributed by atoms with E-state index >= 15 is 0 Å². The molecule has 1 aromatic carbocycles. The van der Waals surface area contributed by atoms with E-state index in [1.165, 1.54) is 6.07 Å². The average molecular weight is 387 g/mol. The van der Waals surface area contributed by atoms with Crippen LogP contribution < -0.4 is 10.6 Å². The molecule has 1 aliphatic heterocycles. The van der Waals surface area contributed by atoms with Gasteiger partial charge in [-0.3, -0.25) is 9.59 Å². The molecule has 1 aromatic rings. The molecule has 0 bridgehead atoms. The third-order valence-electron chi connectivity index (χ3n) is 3.71. The van der Waals surface area contributed by atoms with Gasteiger partial charge in [-0.05, 0) is 26.2 Å². The average Bonchev–Trinajstić information content (AvgIpc) is 2.45. The number of benzene rings is 1. The number of piperazine rings is 1. The molecule has 0 unspecified atom stereocenters. The number of rotatable bonds is 4. The summed E-state index contributed by atoms with van der Waals surface area (Å²) in [4.78, 5) is 29.1. The molecule has 2 N–H and O–H groups in total. The Bertz CT molecular complexity index is 616. The first kappa shape index (κ1) is 17.7. The van der Waals surface area contributed by atoms with E-state index in [4.69, 9.17) is 5.73 Å². The van der Waals surface area contributed by atoms with E-state index in [0.29, 0.717) is 42.9 Å². The summed E-state index contributed by atoms with van der Waals surface area (Å²) in [7, 11) is 3.69. The third kappa shape index (κ3) is 4.20. The minimum atomic E-state index is -0.795. The van der Waals surface area contributed by atoms with Crippen LogP contribution in [0.2, 0.25) is 0 Å². The van der Waals surface area contributed by atoms with Gasteiger partial charge in [-0.1, -0.05) is 15.9 Å². The summed E-state index contributed by atoms with van der Waals surface area (Å²) in [5, 5.41) is 0. The molecule has 2 amide bonds. The van der Waals surface area contributed by atoms with Gasteiger partial charge in [0.05, 0.1) is 17.8 Å². The van der Waals surface area contributed by atoms with Gasteiger partial charge >= 0.3 is 0 Å². The van der Waals surface area contributed by atoms with Gasteiger partial charge in [0.15, 0.2) is 0 Å². The minimum Gasteiger partial charge on any atom is -0.367 e. The van der Waals surface area contributed by atoms with Crippen LogP contribution in [-0.4, -0.2) is 68.4 Å². The number of anilines is 1. The van der Waals surface area contributed by atoms with E-state index in [1.807, 2.05) is 23.9 Å². The highest BCUT2D eigenvalue weighted by atomic mass is 79.9. The summed E-state index contributed by atoms with van der Waals surface area (Å²) in [6.07, 6.45) is 0. The van der Waals surface area contributed by atoms with Crippen molar-refractivity contribution in [3.8, 4) is 0 Å². The molecule has 0 saturated carbocycles. The van der Waals surface area contributed by atoms with Crippen LogP contribution in [0.15, 0.2) is 16.6 Å². The number of hydrogen-bond acceptors (Lipinski definition) is 4. The number of likely N-dealkylation sites (N-methyl/N-ethyl adjacent to an activating group) is 1. The molecule has 0 atom stereocenters. The predicted molar refractivity (Wildman–Crippen MR) is 90.0 cm³/mol. The van der Waals surface area contributed by atoms with E-state index < -0.39 is 11.7 Å². The SMILES string of the molecule is CN(C)CC(=O)N1CCN(c2cc(Br)cc(F)c2C(N)=O)CC1. The number of hydrogen-bond donors (Lipinski definition) is 1. The van der Waals surface area contributed by atoms with Crippen LogP contribution in [0.4, 0.5) is 10.1 Å². The van der Waals surface area contributed by atoms with Gasteiger partial charge in [0.2, 0.25) is 5.91 Å². The number of amides is 2. The molecule has 2 rings (SSSR count). The van der Waals surface area contributed by atoms with E-state index in [1.54, 1.807) is 11.0 Å². The van der Waals surface area contributed by atoms with Crippen LogP contribution in [0, 0.1) is 5.82 Å². The summed E-state index contributed by atoms with van der Waals surface area (Å²) >= 11 is 3.24. The number of nitrogens with two attached hydrogens (primary N) is 1. The summed E-state index contributed by atoms with van der Waals surface area (Å²) < 4.78 is 14.6. The number of carbonyl (C=O) groups is 2. The molecule has 0 spiro atoms. The molecule has 8 heteroatoms. The van der Waals surface area contributed by atoms with Gasteiger partial charge in [0, 0.05) is 30.7 Å². The molecule has 23 heavy (non-hydrogen) atoms. The van der Waals surface area contributed by atoms with Crippen LogP contribution in [0.25, 0.3) is 0 Å². The molecule has 1 saturated heterocycles. The highest BCUT2D eigenvalue weighted by molar-refractivity contribution is 9.10. The first-order valence-corrected chi connectivity index (χ1v) is 8.05. The lowest BCUT2D eigenvalue weighted by molar-refractivity contribution is -0.132. The molecule has 1 fully saturated rings. The highest BCUT2D eigenvalue weighted by Gasteiger charge is 2.25. The molecule has 1 heterocycles. The van der Waals surface area contributed by atoms with Crippen molar-refractivity contribution in [2.45, 2.75) is 0 Å². The number of nitrogens with zero attached hydrogens (tertiary/aromatic N) is 3. The van der Waals surface area contributed by atoms with Gasteiger partial charge in [-0.15, -0.1) is 0 Å². The lowest BCUT2D eigenvalue weighted by Crippen LogP contribution is -2.51. The quantitative estimate of drug-likeness (QED) is 0.834. The second kappa shape index (κ2) is 7.27. The van der Waals surface area contributed by atoms with Crippen molar-refractivity contribution >= 4 is 33.4 Å². The van der Waals surface area contributed by atoms with Crippen molar-refractivity contribution in [1.29, 1.82) is 0 Å². The molecular formula is C15H20BrFN4O2. The van der Waals surface area contributed by atoms with Crippen LogP contribution in [-0.2, 0) is 4.79 Å². The standard InChI is InChI=1S/C15H20BrFN4O2/c1-19(2)9-13(22)21-5-3-20(4-6-21)12-8-10(16)7-11(17)14(12)15(18)23/h7-8H,3-6,9H2,1-2H3,(H2,18,23). The van der Waals surface area contributed by atoms with E-state index in [2.05, 4.69) is 15.9 Å². The fraction of sp³-hybridized carbons (Fsp3) is 0.467. The van der Waals surface area contributed by atoms with Crippen LogP contribution in [0.5, 0.6) is 0 Å². The minimum absolute atomic E-state index is 0.0604. The Morgan fingerprint density at radius 2 is 1.87 bits per heavy atom. The monoisotopic (exact) mass is 386 g/mol. The maximum Gasteiger partial charge on any atom is 0.253 e. The topological polar surface area (TPSA) is 69.9 Å². The van der Waals surface area contributed by atoms with E-state index in [9.17, 15) is 14.0 Å². The first-order chi connectivity index (χ1) is 10.8. The normalized spacial score (nSPS) is 15.2. The van der Waals surface area contributed by atoms with Gasteiger partial charge in [-0.25, -0.2) is 4.39 Å². The van der Waals surface area contributed by atoms with Crippen molar-refractivity contribution in [1.82, 2.24) is 9.80 Å². The van der Waals surface area contributed by atoms with E-state index in [-0.39, 0.29) is 11.5 Å². The molecule has 0 aliphatic carbocycles. The summed E-state index contributed by atoms with van der Waals surface area (Å²) in [5.74, 6) is -1.38. The zero-order valence-electron chi connectivity index (χ0n) is 13.2. The van der Waals surface area contributed by atoms with Crippen LogP contribution >= 0.6 is 15.9 Å². The Morgan fingerprint density at radius 1 is 1.26 bits per heavy atom. The molecule has 0 aromatic heterocycles. The highest BCUT2D eigenvalue weighted by Crippen LogP contribution is 2.28.